The number of nitrogens with zero attached hydrogens (tertiary/aromatic N) is 3. The van der Waals surface area contributed by atoms with Gasteiger partial charge in [-0.2, -0.15) is 8.42 Å². The van der Waals surface area contributed by atoms with Crippen LogP contribution in [0.4, 0.5) is 5.82 Å². The summed E-state index contributed by atoms with van der Waals surface area (Å²) in [6, 6.07) is 12.9. The van der Waals surface area contributed by atoms with Crippen LogP contribution in [0.3, 0.4) is 0 Å². The first kappa shape index (κ1) is 21.2. The van der Waals surface area contributed by atoms with Crippen LogP contribution in [0.1, 0.15) is 37.3 Å². The smallest absolute Gasteiger partial charge is 0.285 e. The molecule has 1 fully saturated rings. The molecular weight excluding hydrogens is 412 g/mol. The average molecular weight is 439 g/mol. The number of nitrogens with one attached hydrogen (secondary N) is 1. The molecule has 8 heteroatoms. The van der Waals surface area contributed by atoms with Crippen LogP contribution in [-0.2, 0) is 14.8 Å². The number of hydrogen-bond donors (Lipinski definition) is 1. The summed E-state index contributed by atoms with van der Waals surface area (Å²) in [7, 11) is -3.74. The van der Waals surface area contributed by atoms with E-state index in [0.717, 1.165) is 11.1 Å². The summed E-state index contributed by atoms with van der Waals surface area (Å²) in [5, 5.41) is 2.86. The van der Waals surface area contributed by atoms with Gasteiger partial charge in [-0.15, -0.1) is 4.40 Å². The topological polar surface area (TPSA) is 91.7 Å². The summed E-state index contributed by atoms with van der Waals surface area (Å²) in [5.74, 6) is 0.884. The van der Waals surface area contributed by atoms with Gasteiger partial charge in [0.25, 0.3) is 10.0 Å². The lowest BCUT2D eigenvalue weighted by Crippen LogP contribution is -2.41. The Hall–Kier alpha value is -3.00. The number of carbonyl (C=O) groups is 1. The molecule has 0 radical (unpaired) electrons. The Morgan fingerprint density at radius 1 is 1.13 bits per heavy atom. The molecule has 1 amide bonds. The van der Waals surface area contributed by atoms with Crippen molar-refractivity contribution in [3.05, 3.63) is 65.4 Å². The van der Waals surface area contributed by atoms with Gasteiger partial charge in [-0.05, 0) is 43.9 Å². The van der Waals surface area contributed by atoms with Gasteiger partial charge in [-0.25, -0.2) is 4.98 Å². The van der Waals surface area contributed by atoms with Crippen molar-refractivity contribution in [1.82, 2.24) is 9.88 Å². The predicted octanol–water partition coefficient (Wildman–Crippen LogP) is 3.60. The molecule has 31 heavy (non-hydrogen) atoms. The van der Waals surface area contributed by atoms with Gasteiger partial charge in [0.15, 0.2) is 0 Å². The second-order valence-electron chi connectivity index (χ2n) is 7.88. The molecule has 162 valence electrons. The Labute approximate surface area is 183 Å². The Morgan fingerprint density at radius 3 is 2.45 bits per heavy atom. The van der Waals surface area contributed by atoms with Crippen LogP contribution in [0, 0.1) is 12.8 Å². The maximum absolute atomic E-state index is 12.9. The molecule has 3 heterocycles. The van der Waals surface area contributed by atoms with Crippen molar-refractivity contribution in [2.45, 2.75) is 33.1 Å². The van der Waals surface area contributed by atoms with E-state index in [1.165, 1.54) is 0 Å². The molecule has 1 N–H and O–H groups in total. The molecule has 0 bridgehead atoms. The highest BCUT2D eigenvalue weighted by atomic mass is 32.2. The predicted molar refractivity (Wildman–Crippen MR) is 122 cm³/mol. The number of benzene rings is 1. The van der Waals surface area contributed by atoms with E-state index in [1.807, 2.05) is 49.1 Å². The lowest BCUT2D eigenvalue weighted by atomic mass is 9.95. The molecule has 0 saturated carbocycles. The number of rotatable bonds is 4. The lowest BCUT2D eigenvalue weighted by Gasteiger charge is -2.33. The molecule has 2 aliphatic rings. The van der Waals surface area contributed by atoms with Crippen LogP contribution in [0.15, 0.2) is 58.6 Å². The standard InChI is InChI=1S/C23H26N4O3S/c1-3-19-21(17-9-7-16(2)8-10-17)31(29,30)26-22(19)27-14-11-18(12-15-27)23(28)25-20-6-4-5-13-24-20/h4-10,13,18H,3,11-12,14-15H2,1-2H3,(H,24,25,28). The Bertz CT molecular complexity index is 1130. The number of sulfonamides is 1. The number of hydrogen-bond acceptors (Lipinski definition) is 5. The summed E-state index contributed by atoms with van der Waals surface area (Å²) in [5.41, 5.74) is 2.50. The number of anilines is 1. The molecule has 2 aliphatic heterocycles. The first-order chi connectivity index (χ1) is 14.9. The van der Waals surface area contributed by atoms with Gasteiger partial charge in [-0.1, -0.05) is 42.8 Å². The van der Waals surface area contributed by atoms with E-state index in [9.17, 15) is 13.2 Å². The number of amidine groups is 1. The number of carbonyl (C=O) groups excluding carboxylic acids is 1. The van der Waals surface area contributed by atoms with E-state index in [0.29, 0.717) is 54.5 Å². The molecule has 0 aliphatic carbocycles. The highest BCUT2D eigenvalue weighted by molar-refractivity contribution is 8.00. The number of aromatic nitrogens is 1. The quantitative estimate of drug-likeness (QED) is 0.787. The number of aryl methyl sites for hydroxylation is 1. The zero-order valence-corrected chi connectivity index (χ0v) is 18.5. The second kappa shape index (κ2) is 8.63. The summed E-state index contributed by atoms with van der Waals surface area (Å²) >= 11 is 0. The van der Waals surface area contributed by atoms with Crippen LogP contribution >= 0.6 is 0 Å². The van der Waals surface area contributed by atoms with Crippen molar-refractivity contribution in [1.29, 1.82) is 0 Å². The minimum absolute atomic E-state index is 0.0501. The number of pyridine rings is 1. The summed E-state index contributed by atoms with van der Waals surface area (Å²) in [4.78, 5) is 19.0. The van der Waals surface area contributed by atoms with Crippen molar-refractivity contribution in [3.63, 3.8) is 0 Å². The second-order valence-corrected chi connectivity index (χ2v) is 9.42. The van der Waals surface area contributed by atoms with Crippen molar-refractivity contribution < 1.29 is 13.2 Å². The third kappa shape index (κ3) is 4.39. The van der Waals surface area contributed by atoms with E-state index in [4.69, 9.17) is 0 Å². The third-order valence-corrected chi connectivity index (χ3v) is 7.17. The van der Waals surface area contributed by atoms with Crippen LogP contribution in [0.5, 0.6) is 0 Å². The SMILES string of the molecule is CCC1=C(c2ccc(C)cc2)S(=O)(=O)N=C1N1CCC(C(=O)Nc2ccccn2)CC1. The molecule has 7 nitrogen and oxygen atoms in total. The van der Waals surface area contributed by atoms with Crippen LogP contribution in [0.2, 0.25) is 0 Å². The van der Waals surface area contributed by atoms with Crippen molar-refractivity contribution in [3.8, 4) is 0 Å². The van der Waals surface area contributed by atoms with Gasteiger partial charge in [0, 0.05) is 30.8 Å². The Kier molecular flexibility index (Phi) is 5.91. The third-order valence-electron chi connectivity index (χ3n) is 5.76. The lowest BCUT2D eigenvalue weighted by molar-refractivity contribution is -0.121. The summed E-state index contributed by atoms with van der Waals surface area (Å²) < 4.78 is 29.9. The zero-order valence-electron chi connectivity index (χ0n) is 17.7. The fourth-order valence-corrected chi connectivity index (χ4v) is 5.61. The highest BCUT2D eigenvalue weighted by Gasteiger charge is 2.36. The van der Waals surface area contributed by atoms with Gasteiger partial charge in [0.2, 0.25) is 5.91 Å². The van der Waals surface area contributed by atoms with E-state index in [-0.39, 0.29) is 11.8 Å². The van der Waals surface area contributed by atoms with Crippen LogP contribution in [-0.4, -0.2) is 43.1 Å². The van der Waals surface area contributed by atoms with Crippen LogP contribution in [0.25, 0.3) is 4.91 Å². The zero-order chi connectivity index (χ0) is 22.0. The molecule has 2 aromatic rings. The summed E-state index contributed by atoms with van der Waals surface area (Å²) in [6.07, 6.45) is 3.48. The number of amides is 1. The first-order valence-corrected chi connectivity index (χ1v) is 12.0. The molecule has 0 spiro atoms. The number of piperidine rings is 1. The van der Waals surface area contributed by atoms with E-state index >= 15 is 0 Å². The van der Waals surface area contributed by atoms with Crippen LogP contribution < -0.4 is 5.32 Å². The minimum atomic E-state index is -3.74. The fourth-order valence-electron chi connectivity index (χ4n) is 4.09. The van der Waals surface area contributed by atoms with Crippen molar-refractivity contribution in [2.24, 2.45) is 10.3 Å². The maximum atomic E-state index is 12.9. The maximum Gasteiger partial charge on any atom is 0.285 e. The van der Waals surface area contributed by atoms with E-state index in [2.05, 4.69) is 14.7 Å². The van der Waals surface area contributed by atoms with Crippen molar-refractivity contribution in [2.75, 3.05) is 18.4 Å². The Morgan fingerprint density at radius 2 is 1.84 bits per heavy atom. The average Bonchev–Trinajstić information content (AvgIpc) is 3.05. The largest absolute Gasteiger partial charge is 0.356 e. The Balaban J connectivity index is 1.50. The fraction of sp³-hybridized carbons (Fsp3) is 0.348. The van der Waals surface area contributed by atoms with Gasteiger partial charge < -0.3 is 10.2 Å². The summed E-state index contributed by atoms with van der Waals surface area (Å²) in [6.45, 7) is 5.09. The molecule has 1 saturated heterocycles. The molecule has 0 unspecified atom stereocenters. The number of likely N-dealkylation sites (tertiary alicyclic amines) is 1. The first-order valence-electron chi connectivity index (χ1n) is 10.5. The molecule has 0 atom stereocenters. The van der Waals surface area contributed by atoms with Crippen molar-refractivity contribution >= 4 is 32.5 Å². The highest BCUT2D eigenvalue weighted by Crippen LogP contribution is 2.36. The minimum Gasteiger partial charge on any atom is -0.356 e. The molecule has 1 aromatic carbocycles. The molecule has 1 aromatic heterocycles. The monoisotopic (exact) mass is 438 g/mol. The van der Waals surface area contributed by atoms with Gasteiger partial charge in [0.1, 0.15) is 16.6 Å². The van der Waals surface area contributed by atoms with Gasteiger partial charge in [-0.3, -0.25) is 4.79 Å². The molecule has 4 rings (SSSR count). The van der Waals surface area contributed by atoms with Gasteiger partial charge >= 0.3 is 0 Å². The normalized spacial score (nSPS) is 18.8. The van der Waals surface area contributed by atoms with E-state index in [1.54, 1.807) is 18.3 Å². The van der Waals surface area contributed by atoms with Gasteiger partial charge in [0.05, 0.1) is 0 Å². The molecular formula is C23H26N4O3S. The van der Waals surface area contributed by atoms with E-state index < -0.39 is 10.0 Å².